The molecule has 17 heavy (non-hydrogen) atoms. The molecule has 1 aliphatic rings. The Morgan fingerprint density at radius 1 is 1.29 bits per heavy atom. The summed E-state index contributed by atoms with van der Waals surface area (Å²) in [5.41, 5.74) is 7.95. The van der Waals surface area contributed by atoms with E-state index in [2.05, 4.69) is 54.0 Å². The molecule has 1 aliphatic carbocycles. The average molecular weight is 296 g/mol. The molecule has 0 heterocycles. The Balaban J connectivity index is 2.11. The van der Waals surface area contributed by atoms with Gasteiger partial charge >= 0.3 is 0 Å². The third kappa shape index (κ3) is 3.56. The van der Waals surface area contributed by atoms with Crippen molar-refractivity contribution in [1.29, 1.82) is 0 Å². The molecule has 0 amide bonds. The van der Waals surface area contributed by atoms with Gasteiger partial charge in [-0.25, -0.2) is 0 Å². The molecule has 1 aromatic rings. The number of nitrogens with two attached hydrogens (primary N) is 1. The molecule has 0 spiro atoms. The van der Waals surface area contributed by atoms with E-state index in [4.69, 9.17) is 5.73 Å². The van der Waals surface area contributed by atoms with E-state index < -0.39 is 0 Å². The minimum atomic E-state index is -0.00211. The zero-order valence-corrected chi connectivity index (χ0v) is 12.3. The largest absolute Gasteiger partial charge is 0.325 e. The van der Waals surface area contributed by atoms with E-state index in [1.165, 1.54) is 12.0 Å². The highest BCUT2D eigenvalue weighted by Gasteiger charge is 2.34. The molecule has 0 aromatic heterocycles. The van der Waals surface area contributed by atoms with Gasteiger partial charge in [-0.15, -0.1) is 0 Å². The third-order valence-electron chi connectivity index (χ3n) is 3.76. The Kier molecular flexibility index (Phi) is 3.94. The number of benzene rings is 1. The van der Waals surface area contributed by atoms with Crippen LogP contribution in [0.1, 0.15) is 38.7 Å². The summed E-state index contributed by atoms with van der Waals surface area (Å²) >= 11 is 3.53. The van der Waals surface area contributed by atoms with Crippen molar-refractivity contribution in [3.63, 3.8) is 0 Å². The highest BCUT2D eigenvalue weighted by atomic mass is 79.9. The second kappa shape index (κ2) is 5.11. The molecule has 1 saturated carbocycles. The van der Waals surface area contributed by atoms with Crippen molar-refractivity contribution in [2.24, 2.45) is 17.6 Å². The van der Waals surface area contributed by atoms with Crippen LogP contribution in [0.5, 0.6) is 0 Å². The minimum absolute atomic E-state index is 0.00211. The molecular weight excluding hydrogens is 274 g/mol. The van der Waals surface area contributed by atoms with E-state index >= 15 is 0 Å². The van der Waals surface area contributed by atoms with Crippen LogP contribution in [0.4, 0.5) is 0 Å². The van der Waals surface area contributed by atoms with Crippen LogP contribution in [-0.2, 0) is 6.42 Å². The van der Waals surface area contributed by atoms with Gasteiger partial charge in [0.05, 0.1) is 0 Å². The Morgan fingerprint density at radius 2 is 1.94 bits per heavy atom. The maximum absolute atomic E-state index is 6.61. The van der Waals surface area contributed by atoms with E-state index in [9.17, 15) is 0 Å². The minimum Gasteiger partial charge on any atom is -0.325 e. The standard InChI is InChI=1S/C15H22BrN/c1-11-6-12(2)9-15(17,8-11)10-13-4-3-5-14(16)7-13/h3-5,7,11-12H,6,8-10,17H2,1-2H3. The third-order valence-corrected chi connectivity index (χ3v) is 4.25. The van der Waals surface area contributed by atoms with Crippen molar-refractivity contribution >= 4 is 15.9 Å². The predicted molar refractivity (Wildman–Crippen MR) is 76.9 cm³/mol. The SMILES string of the molecule is CC1CC(C)CC(N)(Cc2cccc(Br)c2)C1. The second-order valence-corrected chi connectivity index (χ2v) is 6.94. The zero-order chi connectivity index (χ0) is 12.5. The van der Waals surface area contributed by atoms with Crippen molar-refractivity contribution in [3.8, 4) is 0 Å². The first kappa shape index (κ1) is 13.1. The Hall–Kier alpha value is -0.340. The van der Waals surface area contributed by atoms with Crippen LogP contribution in [0.3, 0.4) is 0 Å². The Labute approximate surface area is 113 Å². The smallest absolute Gasteiger partial charge is 0.0200 e. The van der Waals surface area contributed by atoms with Crippen molar-refractivity contribution in [2.45, 2.75) is 45.1 Å². The molecule has 2 heteroatoms. The first-order chi connectivity index (χ1) is 7.97. The van der Waals surface area contributed by atoms with Crippen molar-refractivity contribution < 1.29 is 0 Å². The lowest BCUT2D eigenvalue weighted by atomic mass is 9.70. The van der Waals surface area contributed by atoms with Gasteiger partial charge in [0.1, 0.15) is 0 Å². The van der Waals surface area contributed by atoms with E-state index in [1.54, 1.807) is 0 Å². The molecule has 94 valence electrons. The van der Waals surface area contributed by atoms with Gasteiger partial charge < -0.3 is 5.73 Å². The maximum Gasteiger partial charge on any atom is 0.0200 e. The zero-order valence-electron chi connectivity index (χ0n) is 10.7. The lowest BCUT2D eigenvalue weighted by Gasteiger charge is -2.40. The molecule has 1 nitrogen and oxygen atoms in total. The van der Waals surface area contributed by atoms with Gasteiger partial charge in [-0.3, -0.25) is 0 Å². The normalized spacial score (nSPS) is 33.6. The van der Waals surface area contributed by atoms with Gasteiger partial charge in [0.2, 0.25) is 0 Å². The monoisotopic (exact) mass is 295 g/mol. The van der Waals surface area contributed by atoms with Crippen LogP contribution < -0.4 is 5.73 Å². The summed E-state index contributed by atoms with van der Waals surface area (Å²) in [5, 5.41) is 0. The summed E-state index contributed by atoms with van der Waals surface area (Å²) in [6.07, 6.45) is 4.65. The highest BCUT2D eigenvalue weighted by Crippen LogP contribution is 2.36. The van der Waals surface area contributed by atoms with Crippen LogP contribution in [0.2, 0.25) is 0 Å². The van der Waals surface area contributed by atoms with Gasteiger partial charge in [0, 0.05) is 10.0 Å². The molecule has 2 atom stereocenters. The fourth-order valence-corrected chi connectivity index (χ4v) is 3.97. The van der Waals surface area contributed by atoms with Crippen molar-refractivity contribution in [2.75, 3.05) is 0 Å². The van der Waals surface area contributed by atoms with E-state index in [1.807, 2.05) is 0 Å². The summed E-state index contributed by atoms with van der Waals surface area (Å²) in [6, 6.07) is 8.54. The van der Waals surface area contributed by atoms with Crippen molar-refractivity contribution in [3.05, 3.63) is 34.3 Å². The molecule has 2 rings (SSSR count). The summed E-state index contributed by atoms with van der Waals surface area (Å²) < 4.78 is 1.15. The first-order valence-electron chi connectivity index (χ1n) is 6.50. The van der Waals surface area contributed by atoms with E-state index in [-0.39, 0.29) is 5.54 Å². The summed E-state index contributed by atoms with van der Waals surface area (Å²) in [4.78, 5) is 0. The molecule has 2 N–H and O–H groups in total. The maximum atomic E-state index is 6.61. The van der Waals surface area contributed by atoms with Gasteiger partial charge in [-0.2, -0.15) is 0 Å². The second-order valence-electron chi connectivity index (χ2n) is 6.02. The summed E-state index contributed by atoms with van der Waals surface area (Å²) in [5.74, 6) is 1.52. The summed E-state index contributed by atoms with van der Waals surface area (Å²) in [6.45, 7) is 4.66. The van der Waals surface area contributed by atoms with Crippen molar-refractivity contribution in [1.82, 2.24) is 0 Å². The molecule has 0 radical (unpaired) electrons. The molecule has 1 aromatic carbocycles. The number of hydrogen-bond donors (Lipinski definition) is 1. The van der Waals surface area contributed by atoms with Gasteiger partial charge in [0.15, 0.2) is 0 Å². The van der Waals surface area contributed by atoms with Gasteiger partial charge in [-0.05, 0) is 55.2 Å². The number of halogens is 1. The van der Waals surface area contributed by atoms with Gasteiger partial charge in [0.25, 0.3) is 0 Å². The molecule has 0 saturated heterocycles. The lowest BCUT2D eigenvalue weighted by molar-refractivity contribution is 0.182. The Morgan fingerprint density at radius 3 is 2.53 bits per heavy atom. The van der Waals surface area contributed by atoms with Crippen LogP contribution >= 0.6 is 15.9 Å². The molecule has 0 bridgehead atoms. The predicted octanol–water partition coefficient (Wildman–Crippen LogP) is 4.15. The van der Waals surface area contributed by atoms with E-state index in [0.29, 0.717) is 0 Å². The molecule has 1 fully saturated rings. The molecular formula is C15H22BrN. The first-order valence-corrected chi connectivity index (χ1v) is 7.29. The molecule has 2 unspecified atom stereocenters. The average Bonchev–Trinajstić information content (AvgIpc) is 2.13. The van der Waals surface area contributed by atoms with Crippen LogP contribution in [0.15, 0.2) is 28.7 Å². The van der Waals surface area contributed by atoms with Crippen LogP contribution in [0.25, 0.3) is 0 Å². The van der Waals surface area contributed by atoms with Crippen LogP contribution in [-0.4, -0.2) is 5.54 Å². The van der Waals surface area contributed by atoms with Crippen LogP contribution in [0, 0.1) is 11.8 Å². The quantitative estimate of drug-likeness (QED) is 0.872. The highest BCUT2D eigenvalue weighted by molar-refractivity contribution is 9.10. The molecule has 0 aliphatic heterocycles. The number of hydrogen-bond acceptors (Lipinski definition) is 1. The fraction of sp³-hybridized carbons (Fsp3) is 0.600. The fourth-order valence-electron chi connectivity index (χ4n) is 3.52. The summed E-state index contributed by atoms with van der Waals surface area (Å²) in [7, 11) is 0. The lowest BCUT2D eigenvalue weighted by Crippen LogP contribution is -2.48. The number of rotatable bonds is 2. The Bertz CT molecular complexity index is 378. The van der Waals surface area contributed by atoms with Gasteiger partial charge in [-0.1, -0.05) is 41.9 Å². The van der Waals surface area contributed by atoms with E-state index in [0.717, 1.165) is 35.6 Å². The topological polar surface area (TPSA) is 26.0 Å².